The van der Waals surface area contributed by atoms with Gasteiger partial charge in [-0.1, -0.05) is 0 Å². The van der Waals surface area contributed by atoms with Gasteiger partial charge in [0.25, 0.3) is 0 Å². The van der Waals surface area contributed by atoms with Crippen LogP contribution in [0.5, 0.6) is 0 Å². The second-order valence-electron chi connectivity index (χ2n) is 5.90. The largest absolute Gasteiger partial charge is 0.459 e. The molecule has 1 saturated heterocycles. The number of hydrogen-bond donors (Lipinski definition) is 1. The van der Waals surface area contributed by atoms with Crippen molar-refractivity contribution in [2.45, 2.75) is 51.2 Å². The summed E-state index contributed by atoms with van der Waals surface area (Å²) in [7, 11) is 0. The predicted octanol–water partition coefficient (Wildman–Crippen LogP) is 4.23. The van der Waals surface area contributed by atoms with Gasteiger partial charge in [0.05, 0.1) is 12.1 Å². The van der Waals surface area contributed by atoms with E-state index >= 15 is 0 Å². The predicted molar refractivity (Wildman–Crippen MR) is 80.7 cm³/mol. The zero-order chi connectivity index (χ0) is 14.8. The van der Waals surface area contributed by atoms with Crippen molar-refractivity contribution in [3.05, 3.63) is 35.3 Å². The van der Waals surface area contributed by atoms with Crippen LogP contribution < -0.4 is 5.73 Å². The van der Waals surface area contributed by atoms with Crippen LogP contribution in [0.15, 0.2) is 22.6 Å². The van der Waals surface area contributed by atoms with Gasteiger partial charge in [-0.05, 0) is 57.2 Å². The summed E-state index contributed by atoms with van der Waals surface area (Å²) in [6.07, 6.45) is 5.69. The lowest BCUT2D eigenvalue weighted by molar-refractivity contribution is 0.101. The van der Waals surface area contributed by atoms with E-state index in [1.807, 2.05) is 6.92 Å². The second kappa shape index (κ2) is 6.16. The van der Waals surface area contributed by atoms with Gasteiger partial charge in [0.2, 0.25) is 0 Å². The SMILES string of the molecule is Cc1c(C(N)CCCC2CCCO2)oc2ccc(F)cc12. The van der Waals surface area contributed by atoms with Crippen LogP contribution in [-0.4, -0.2) is 12.7 Å². The first-order chi connectivity index (χ1) is 10.1. The number of fused-ring (bicyclic) bond motifs is 1. The fraction of sp³-hybridized carbons (Fsp3) is 0.529. The molecule has 114 valence electrons. The molecule has 2 unspecified atom stereocenters. The molecule has 2 N–H and O–H groups in total. The van der Waals surface area contributed by atoms with Gasteiger partial charge in [-0.15, -0.1) is 0 Å². The number of aryl methyl sites for hydroxylation is 1. The molecule has 1 aromatic carbocycles. The van der Waals surface area contributed by atoms with Crippen molar-refractivity contribution in [3.63, 3.8) is 0 Å². The Balaban J connectivity index is 1.66. The molecule has 21 heavy (non-hydrogen) atoms. The highest BCUT2D eigenvalue weighted by molar-refractivity contribution is 5.82. The van der Waals surface area contributed by atoms with E-state index in [-0.39, 0.29) is 11.9 Å². The number of ether oxygens (including phenoxy) is 1. The fourth-order valence-corrected chi connectivity index (χ4v) is 3.13. The first kappa shape index (κ1) is 14.5. The van der Waals surface area contributed by atoms with Crippen LogP contribution in [0, 0.1) is 12.7 Å². The Bertz CT molecular complexity index is 617. The Morgan fingerprint density at radius 2 is 2.29 bits per heavy atom. The first-order valence-corrected chi connectivity index (χ1v) is 7.71. The van der Waals surface area contributed by atoms with E-state index in [2.05, 4.69) is 0 Å². The molecule has 0 amide bonds. The minimum absolute atomic E-state index is 0.137. The minimum atomic E-state index is -0.245. The summed E-state index contributed by atoms with van der Waals surface area (Å²) in [5.41, 5.74) is 7.91. The van der Waals surface area contributed by atoms with E-state index in [4.69, 9.17) is 14.9 Å². The van der Waals surface area contributed by atoms with E-state index in [0.717, 1.165) is 49.0 Å². The maximum Gasteiger partial charge on any atom is 0.134 e. The summed E-state index contributed by atoms with van der Waals surface area (Å²) in [5, 5.41) is 0.819. The van der Waals surface area contributed by atoms with Crippen LogP contribution in [0.3, 0.4) is 0 Å². The lowest BCUT2D eigenvalue weighted by atomic mass is 10.0. The summed E-state index contributed by atoms with van der Waals surface area (Å²) in [5.74, 6) is 0.535. The molecule has 0 bridgehead atoms. The van der Waals surface area contributed by atoms with Crippen molar-refractivity contribution in [3.8, 4) is 0 Å². The lowest BCUT2D eigenvalue weighted by Crippen LogP contribution is -2.12. The summed E-state index contributed by atoms with van der Waals surface area (Å²) in [6, 6.07) is 4.46. The normalized spacial score (nSPS) is 20.2. The fourth-order valence-electron chi connectivity index (χ4n) is 3.13. The summed E-state index contributed by atoms with van der Waals surface area (Å²) >= 11 is 0. The molecule has 0 radical (unpaired) electrons. The average Bonchev–Trinajstić information content (AvgIpc) is 3.08. The van der Waals surface area contributed by atoms with E-state index in [1.54, 1.807) is 6.07 Å². The zero-order valence-corrected chi connectivity index (χ0v) is 12.4. The molecular formula is C17H22FNO2. The molecule has 3 rings (SSSR count). The van der Waals surface area contributed by atoms with E-state index < -0.39 is 0 Å². The highest BCUT2D eigenvalue weighted by Crippen LogP contribution is 2.31. The van der Waals surface area contributed by atoms with Gasteiger partial charge in [-0.2, -0.15) is 0 Å². The van der Waals surface area contributed by atoms with Crippen LogP contribution in [0.2, 0.25) is 0 Å². The summed E-state index contributed by atoms with van der Waals surface area (Å²) in [4.78, 5) is 0. The molecule has 1 aromatic heterocycles. The van der Waals surface area contributed by atoms with Crippen LogP contribution in [-0.2, 0) is 4.74 Å². The number of rotatable bonds is 5. The van der Waals surface area contributed by atoms with Crippen molar-refractivity contribution in [1.82, 2.24) is 0 Å². The molecule has 3 nitrogen and oxygen atoms in total. The van der Waals surface area contributed by atoms with Crippen molar-refractivity contribution in [2.24, 2.45) is 5.73 Å². The molecule has 4 heteroatoms. The van der Waals surface area contributed by atoms with Crippen LogP contribution in [0.4, 0.5) is 4.39 Å². The third kappa shape index (κ3) is 3.11. The van der Waals surface area contributed by atoms with Gasteiger partial charge in [-0.3, -0.25) is 0 Å². The Morgan fingerprint density at radius 3 is 3.05 bits per heavy atom. The Hall–Kier alpha value is -1.39. The van der Waals surface area contributed by atoms with Gasteiger partial charge < -0.3 is 14.9 Å². The van der Waals surface area contributed by atoms with Crippen LogP contribution in [0.25, 0.3) is 11.0 Å². The van der Waals surface area contributed by atoms with Gasteiger partial charge in [-0.25, -0.2) is 4.39 Å². The molecule has 0 saturated carbocycles. The molecule has 1 aliphatic rings. The smallest absolute Gasteiger partial charge is 0.134 e. The van der Waals surface area contributed by atoms with E-state index in [1.165, 1.54) is 18.6 Å². The van der Waals surface area contributed by atoms with Gasteiger partial charge in [0, 0.05) is 17.6 Å². The third-order valence-electron chi connectivity index (χ3n) is 4.34. The summed E-state index contributed by atoms with van der Waals surface area (Å²) in [6.45, 7) is 2.84. The molecule has 1 fully saturated rings. The van der Waals surface area contributed by atoms with E-state index in [9.17, 15) is 4.39 Å². The van der Waals surface area contributed by atoms with E-state index in [0.29, 0.717) is 11.7 Å². The summed E-state index contributed by atoms with van der Waals surface area (Å²) < 4.78 is 24.8. The number of benzene rings is 1. The van der Waals surface area contributed by atoms with Crippen molar-refractivity contribution in [2.75, 3.05) is 6.61 Å². The maximum atomic E-state index is 13.3. The average molecular weight is 291 g/mol. The number of halogens is 1. The maximum absolute atomic E-state index is 13.3. The first-order valence-electron chi connectivity index (χ1n) is 7.71. The minimum Gasteiger partial charge on any atom is -0.459 e. The van der Waals surface area contributed by atoms with Gasteiger partial charge in [0.1, 0.15) is 17.2 Å². The molecule has 0 spiro atoms. The lowest BCUT2D eigenvalue weighted by Gasteiger charge is -2.12. The molecule has 1 aliphatic heterocycles. The van der Waals surface area contributed by atoms with Crippen molar-refractivity contribution < 1.29 is 13.5 Å². The second-order valence-corrected chi connectivity index (χ2v) is 5.90. The van der Waals surface area contributed by atoms with Gasteiger partial charge >= 0.3 is 0 Å². The number of furan rings is 1. The molecule has 2 atom stereocenters. The third-order valence-corrected chi connectivity index (χ3v) is 4.34. The van der Waals surface area contributed by atoms with Crippen LogP contribution >= 0.6 is 0 Å². The zero-order valence-electron chi connectivity index (χ0n) is 12.4. The molecule has 2 heterocycles. The standard InChI is InChI=1S/C17H22FNO2/c1-11-14-10-12(18)7-8-16(14)21-17(11)15(19)6-2-4-13-5-3-9-20-13/h7-8,10,13,15H,2-6,9,19H2,1H3. The molecule has 2 aromatic rings. The van der Waals surface area contributed by atoms with Crippen molar-refractivity contribution >= 4 is 11.0 Å². The highest BCUT2D eigenvalue weighted by Gasteiger charge is 2.19. The number of nitrogens with two attached hydrogens (primary N) is 1. The number of hydrogen-bond acceptors (Lipinski definition) is 3. The topological polar surface area (TPSA) is 48.4 Å². The highest BCUT2D eigenvalue weighted by atomic mass is 19.1. The Labute approximate surface area is 124 Å². The quantitative estimate of drug-likeness (QED) is 0.896. The van der Waals surface area contributed by atoms with Crippen molar-refractivity contribution in [1.29, 1.82) is 0 Å². The van der Waals surface area contributed by atoms with Crippen LogP contribution in [0.1, 0.15) is 49.5 Å². The monoisotopic (exact) mass is 291 g/mol. The Kier molecular flexibility index (Phi) is 4.27. The molecule has 0 aliphatic carbocycles. The van der Waals surface area contributed by atoms with Gasteiger partial charge in [0.15, 0.2) is 0 Å². The molecular weight excluding hydrogens is 269 g/mol. The Morgan fingerprint density at radius 1 is 1.43 bits per heavy atom.